The molecule has 0 saturated heterocycles. The Hall–Kier alpha value is -4.46. The molecule has 37 heavy (non-hydrogen) atoms. The van der Waals surface area contributed by atoms with Crippen LogP contribution in [0, 0.1) is 0 Å². The molecule has 0 aliphatic heterocycles. The molecule has 0 aliphatic carbocycles. The highest BCUT2D eigenvalue weighted by molar-refractivity contribution is 6.10. The van der Waals surface area contributed by atoms with E-state index in [1.165, 1.54) is 25.1 Å². The van der Waals surface area contributed by atoms with Crippen LogP contribution in [0.2, 0.25) is 0 Å². The molecule has 0 saturated carbocycles. The summed E-state index contributed by atoms with van der Waals surface area (Å²) in [6.45, 7) is 2.07. The first kappa shape index (κ1) is 25.6. The van der Waals surface area contributed by atoms with Gasteiger partial charge in [-0.25, -0.2) is 0 Å². The fourth-order valence-corrected chi connectivity index (χ4v) is 3.79. The van der Waals surface area contributed by atoms with Crippen LogP contribution in [-0.2, 0) is 12.6 Å². The summed E-state index contributed by atoms with van der Waals surface area (Å²) in [6.07, 6.45) is -1.95. The van der Waals surface area contributed by atoms with Gasteiger partial charge in [-0.2, -0.15) is 13.2 Å². The quantitative estimate of drug-likeness (QED) is 0.257. The van der Waals surface area contributed by atoms with Crippen molar-refractivity contribution in [2.45, 2.75) is 19.5 Å². The summed E-state index contributed by atoms with van der Waals surface area (Å²) in [6, 6.07) is 22.1. The van der Waals surface area contributed by atoms with Gasteiger partial charge in [0.15, 0.2) is 5.78 Å². The predicted octanol–water partition coefficient (Wildman–Crippen LogP) is 6.88. The second-order valence-electron chi connectivity index (χ2n) is 8.42. The van der Waals surface area contributed by atoms with E-state index in [4.69, 9.17) is 0 Å². The summed E-state index contributed by atoms with van der Waals surface area (Å²) in [7, 11) is 0. The number of alkyl halides is 3. The van der Waals surface area contributed by atoms with Gasteiger partial charge in [0.25, 0.3) is 5.91 Å². The van der Waals surface area contributed by atoms with Gasteiger partial charge in [-0.1, -0.05) is 30.3 Å². The van der Waals surface area contributed by atoms with Crippen molar-refractivity contribution in [1.29, 1.82) is 0 Å². The minimum absolute atomic E-state index is 0.185. The molecule has 0 aliphatic rings. The number of hydrogen-bond donors (Lipinski definition) is 2. The van der Waals surface area contributed by atoms with Crippen molar-refractivity contribution >= 4 is 23.1 Å². The molecule has 0 fully saturated rings. The van der Waals surface area contributed by atoms with Crippen LogP contribution in [-0.4, -0.2) is 23.2 Å². The monoisotopic (exact) mass is 503 g/mol. The Morgan fingerprint density at radius 3 is 2.19 bits per heavy atom. The Balaban J connectivity index is 1.50. The van der Waals surface area contributed by atoms with Crippen LogP contribution in [0.4, 0.5) is 24.5 Å². The van der Waals surface area contributed by atoms with Gasteiger partial charge in [0.05, 0.1) is 5.56 Å². The van der Waals surface area contributed by atoms with Gasteiger partial charge in [-0.3, -0.25) is 14.6 Å². The summed E-state index contributed by atoms with van der Waals surface area (Å²) in [5.41, 5.74) is 2.97. The third-order valence-corrected chi connectivity index (χ3v) is 5.77. The van der Waals surface area contributed by atoms with Gasteiger partial charge in [0.2, 0.25) is 0 Å². The number of hydrogen-bond acceptors (Lipinski definition) is 4. The van der Waals surface area contributed by atoms with Crippen LogP contribution in [0.3, 0.4) is 0 Å². The molecular weight excluding hydrogens is 479 g/mol. The molecule has 0 spiro atoms. The van der Waals surface area contributed by atoms with Gasteiger partial charge in [0, 0.05) is 47.4 Å². The molecule has 0 atom stereocenters. The van der Waals surface area contributed by atoms with Gasteiger partial charge in [-0.15, -0.1) is 0 Å². The first-order valence-electron chi connectivity index (χ1n) is 11.6. The molecular formula is C29H24F3N3O2. The van der Waals surface area contributed by atoms with Crippen molar-refractivity contribution in [3.05, 3.63) is 114 Å². The molecule has 1 amide bonds. The lowest BCUT2D eigenvalue weighted by atomic mass is 9.95. The number of carbonyl (C=O) groups is 2. The number of pyridine rings is 1. The van der Waals surface area contributed by atoms with Crippen LogP contribution < -0.4 is 10.6 Å². The molecule has 4 aromatic rings. The lowest BCUT2D eigenvalue weighted by Gasteiger charge is -2.14. The standard InChI is InChI=1S/C29H24F3N3O2/c1-19(36)21-7-14-26(20-5-8-22(9-6-20)29(30,31)32)27(18-21)28(37)35-25-12-10-24(11-13-25)34-17-15-23-4-2-3-16-33-23/h2-14,16,18,34H,15,17H2,1H3,(H,35,37). The molecule has 2 N–H and O–H groups in total. The Bertz CT molecular complexity index is 1390. The fourth-order valence-electron chi connectivity index (χ4n) is 3.79. The number of amides is 1. The SMILES string of the molecule is CC(=O)c1ccc(-c2ccc(C(F)(F)F)cc2)c(C(=O)Nc2ccc(NCCc3ccccn3)cc2)c1. The van der Waals surface area contributed by atoms with Crippen molar-refractivity contribution in [3.8, 4) is 11.1 Å². The van der Waals surface area contributed by atoms with Crippen LogP contribution >= 0.6 is 0 Å². The number of benzene rings is 3. The molecule has 5 nitrogen and oxygen atoms in total. The molecule has 0 bridgehead atoms. The Morgan fingerprint density at radius 1 is 0.865 bits per heavy atom. The van der Waals surface area contributed by atoms with Crippen molar-refractivity contribution < 1.29 is 22.8 Å². The van der Waals surface area contributed by atoms with Crippen molar-refractivity contribution in [1.82, 2.24) is 4.98 Å². The van der Waals surface area contributed by atoms with Crippen molar-refractivity contribution in [2.24, 2.45) is 0 Å². The van der Waals surface area contributed by atoms with E-state index in [-0.39, 0.29) is 11.3 Å². The van der Waals surface area contributed by atoms with E-state index in [0.29, 0.717) is 28.9 Å². The molecule has 1 aromatic heterocycles. The minimum atomic E-state index is -4.46. The van der Waals surface area contributed by atoms with E-state index in [2.05, 4.69) is 15.6 Å². The molecule has 3 aromatic carbocycles. The number of halogens is 3. The molecule has 188 valence electrons. The molecule has 4 rings (SSSR count). The zero-order valence-corrected chi connectivity index (χ0v) is 20.0. The number of nitrogens with one attached hydrogen (secondary N) is 2. The maximum atomic E-state index is 13.2. The zero-order chi connectivity index (χ0) is 26.4. The highest BCUT2D eigenvalue weighted by Gasteiger charge is 2.30. The number of Topliss-reactive ketones (excluding diaryl/α,β-unsaturated/α-hetero) is 1. The smallest absolute Gasteiger partial charge is 0.385 e. The van der Waals surface area contributed by atoms with E-state index in [0.717, 1.165) is 29.9 Å². The molecule has 0 unspecified atom stereocenters. The van der Waals surface area contributed by atoms with Crippen LogP contribution in [0.25, 0.3) is 11.1 Å². The van der Waals surface area contributed by atoms with Crippen molar-refractivity contribution in [3.63, 3.8) is 0 Å². The highest BCUT2D eigenvalue weighted by Crippen LogP contribution is 2.32. The summed E-state index contributed by atoms with van der Waals surface area (Å²) >= 11 is 0. The summed E-state index contributed by atoms with van der Waals surface area (Å²) in [4.78, 5) is 29.4. The number of aromatic nitrogens is 1. The third kappa shape index (κ3) is 6.61. The average molecular weight is 504 g/mol. The number of nitrogens with zero attached hydrogens (tertiary/aromatic N) is 1. The van der Waals surface area contributed by atoms with E-state index < -0.39 is 17.6 Å². The minimum Gasteiger partial charge on any atom is -0.385 e. The average Bonchev–Trinajstić information content (AvgIpc) is 2.89. The lowest BCUT2D eigenvalue weighted by Crippen LogP contribution is -2.14. The van der Waals surface area contributed by atoms with E-state index in [9.17, 15) is 22.8 Å². The van der Waals surface area contributed by atoms with Crippen molar-refractivity contribution in [2.75, 3.05) is 17.2 Å². The Kier molecular flexibility index (Phi) is 7.67. The second-order valence-corrected chi connectivity index (χ2v) is 8.42. The first-order chi connectivity index (χ1) is 17.7. The highest BCUT2D eigenvalue weighted by atomic mass is 19.4. The van der Waals surface area contributed by atoms with Gasteiger partial charge < -0.3 is 10.6 Å². The normalized spacial score (nSPS) is 11.1. The molecule has 0 radical (unpaired) electrons. The summed E-state index contributed by atoms with van der Waals surface area (Å²) in [5, 5.41) is 6.11. The topological polar surface area (TPSA) is 71.1 Å². The number of carbonyl (C=O) groups excluding carboxylic acids is 2. The van der Waals surface area contributed by atoms with Crippen LogP contribution in [0.15, 0.2) is 91.1 Å². The predicted molar refractivity (Wildman–Crippen MR) is 138 cm³/mol. The van der Waals surface area contributed by atoms with E-state index in [1.807, 2.05) is 30.3 Å². The number of anilines is 2. The number of rotatable bonds is 8. The van der Waals surface area contributed by atoms with Gasteiger partial charge >= 0.3 is 6.18 Å². The summed E-state index contributed by atoms with van der Waals surface area (Å²) < 4.78 is 38.9. The van der Waals surface area contributed by atoms with E-state index in [1.54, 1.807) is 30.5 Å². The van der Waals surface area contributed by atoms with Gasteiger partial charge in [-0.05, 0) is 72.6 Å². The maximum absolute atomic E-state index is 13.2. The Morgan fingerprint density at radius 2 is 1.57 bits per heavy atom. The Labute approximate surface area is 212 Å². The molecule has 1 heterocycles. The first-order valence-corrected chi connectivity index (χ1v) is 11.6. The lowest BCUT2D eigenvalue weighted by molar-refractivity contribution is -0.137. The molecule has 8 heteroatoms. The third-order valence-electron chi connectivity index (χ3n) is 5.77. The van der Waals surface area contributed by atoms with Crippen LogP contribution in [0.5, 0.6) is 0 Å². The number of ketones is 1. The fraction of sp³-hybridized carbons (Fsp3) is 0.138. The zero-order valence-electron chi connectivity index (χ0n) is 20.0. The van der Waals surface area contributed by atoms with Gasteiger partial charge in [0.1, 0.15) is 0 Å². The largest absolute Gasteiger partial charge is 0.416 e. The second kappa shape index (κ2) is 11.1. The van der Waals surface area contributed by atoms with Crippen LogP contribution in [0.1, 0.15) is 38.9 Å². The van der Waals surface area contributed by atoms with E-state index >= 15 is 0 Å². The summed E-state index contributed by atoms with van der Waals surface area (Å²) in [5.74, 6) is -0.706. The maximum Gasteiger partial charge on any atom is 0.416 e.